The van der Waals surface area contributed by atoms with Gasteiger partial charge in [-0.3, -0.25) is 0 Å². The maximum Gasteiger partial charge on any atom is 0.198 e. The molecule has 0 atom stereocenters. The molecule has 2 aliphatic heterocycles. The molecule has 0 bridgehead atoms. The molecule has 2 aliphatic rings. The number of anilines is 1. The molecule has 0 aromatic heterocycles. The highest BCUT2D eigenvalue weighted by atomic mass is 127. The van der Waals surface area contributed by atoms with Crippen molar-refractivity contribution >= 4 is 35.6 Å². The molecule has 0 aliphatic carbocycles. The van der Waals surface area contributed by atoms with Crippen LogP contribution in [-0.4, -0.2) is 38.4 Å². The van der Waals surface area contributed by atoms with E-state index in [1.165, 1.54) is 22.4 Å². The summed E-state index contributed by atoms with van der Waals surface area (Å²) in [5.41, 5.74) is 5.08. The first-order chi connectivity index (χ1) is 14.3. The summed E-state index contributed by atoms with van der Waals surface area (Å²) in [6.07, 6.45) is 3.38. The average molecular weight is 521 g/mol. The molecular weight excluding hydrogens is 489 g/mol. The topological polar surface area (TPSA) is 46.1 Å². The Balaban J connectivity index is 0.00000256. The molecule has 0 unspecified atom stereocenters. The number of rotatable bonds is 6. The van der Waals surface area contributed by atoms with Crippen molar-refractivity contribution < 1.29 is 9.47 Å². The van der Waals surface area contributed by atoms with Crippen LogP contribution < -0.4 is 10.2 Å². The molecule has 162 valence electrons. The number of fused-ring (bicyclic) bond motifs is 1. The zero-order chi connectivity index (χ0) is 19.9. The van der Waals surface area contributed by atoms with Crippen molar-refractivity contribution in [1.82, 2.24) is 5.32 Å². The number of halogens is 1. The van der Waals surface area contributed by atoms with Crippen molar-refractivity contribution in [3.63, 3.8) is 0 Å². The van der Waals surface area contributed by atoms with Gasteiger partial charge in [-0.15, -0.1) is 24.0 Å². The van der Waals surface area contributed by atoms with Crippen molar-refractivity contribution in [2.45, 2.75) is 45.4 Å². The third-order valence-electron chi connectivity index (χ3n) is 5.53. The normalized spacial score (nSPS) is 16.8. The van der Waals surface area contributed by atoms with E-state index < -0.39 is 0 Å². The largest absolute Gasteiger partial charge is 0.381 e. The Morgan fingerprint density at radius 3 is 2.77 bits per heavy atom. The minimum absolute atomic E-state index is 0. The number of nitrogens with one attached hydrogen (secondary N) is 1. The van der Waals surface area contributed by atoms with E-state index in [1.54, 1.807) is 0 Å². The van der Waals surface area contributed by atoms with Gasteiger partial charge < -0.3 is 19.7 Å². The van der Waals surface area contributed by atoms with Gasteiger partial charge in [-0.05, 0) is 48.9 Å². The van der Waals surface area contributed by atoms with Crippen LogP contribution >= 0.6 is 24.0 Å². The van der Waals surface area contributed by atoms with Crippen LogP contribution in [0.2, 0.25) is 0 Å². The smallest absolute Gasteiger partial charge is 0.198 e. The van der Waals surface area contributed by atoms with Crippen molar-refractivity contribution in [2.24, 2.45) is 4.99 Å². The molecule has 2 aromatic carbocycles. The minimum atomic E-state index is 0. The number of para-hydroxylation sites is 1. The third-order valence-corrected chi connectivity index (χ3v) is 5.53. The van der Waals surface area contributed by atoms with Gasteiger partial charge in [-0.1, -0.05) is 42.5 Å². The van der Waals surface area contributed by atoms with Crippen molar-refractivity contribution in [1.29, 1.82) is 0 Å². The molecule has 2 heterocycles. The van der Waals surface area contributed by atoms with E-state index in [0.717, 1.165) is 51.5 Å². The SMILES string of the molecule is CCNC(=NCc1cccc(COC2CCOCC2)c1)N1CCc2ccccc21.I. The van der Waals surface area contributed by atoms with Gasteiger partial charge in [-0.2, -0.15) is 0 Å². The first-order valence-electron chi connectivity index (χ1n) is 10.7. The van der Waals surface area contributed by atoms with Crippen molar-refractivity contribution in [3.8, 4) is 0 Å². The summed E-state index contributed by atoms with van der Waals surface area (Å²) in [7, 11) is 0. The summed E-state index contributed by atoms with van der Waals surface area (Å²) in [6.45, 7) is 6.89. The summed E-state index contributed by atoms with van der Waals surface area (Å²) >= 11 is 0. The molecule has 1 fully saturated rings. The van der Waals surface area contributed by atoms with Crippen LogP contribution in [0.25, 0.3) is 0 Å². The molecular formula is C24H32IN3O2. The predicted octanol–water partition coefficient (Wildman–Crippen LogP) is 4.53. The fourth-order valence-corrected chi connectivity index (χ4v) is 3.99. The van der Waals surface area contributed by atoms with Crippen LogP contribution in [0.1, 0.15) is 36.5 Å². The van der Waals surface area contributed by atoms with E-state index in [-0.39, 0.29) is 24.0 Å². The zero-order valence-corrected chi connectivity index (χ0v) is 20.0. The number of aliphatic imine (C=N–C) groups is 1. The Hall–Kier alpha value is -1.64. The van der Waals surface area contributed by atoms with Crippen LogP contribution in [0.3, 0.4) is 0 Å². The Morgan fingerprint density at radius 1 is 1.13 bits per heavy atom. The highest BCUT2D eigenvalue weighted by Gasteiger charge is 2.22. The Morgan fingerprint density at radius 2 is 1.93 bits per heavy atom. The molecule has 5 nitrogen and oxygen atoms in total. The van der Waals surface area contributed by atoms with E-state index >= 15 is 0 Å². The van der Waals surface area contributed by atoms with Gasteiger partial charge in [0.2, 0.25) is 0 Å². The number of hydrogen-bond donors (Lipinski definition) is 1. The van der Waals surface area contributed by atoms with E-state index in [0.29, 0.717) is 19.3 Å². The van der Waals surface area contributed by atoms with Crippen LogP contribution in [0.5, 0.6) is 0 Å². The summed E-state index contributed by atoms with van der Waals surface area (Å²) < 4.78 is 11.5. The second-order valence-electron chi connectivity index (χ2n) is 7.64. The van der Waals surface area contributed by atoms with E-state index in [9.17, 15) is 0 Å². The molecule has 6 heteroatoms. The molecule has 30 heavy (non-hydrogen) atoms. The molecule has 1 saturated heterocycles. The fraction of sp³-hybridized carbons (Fsp3) is 0.458. The maximum atomic E-state index is 6.07. The van der Waals surface area contributed by atoms with Crippen LogP contribution in [-0.2, 0) is 29.0 Å². The third kappa shape index (κ3) is 5.95. The molecule has 0 radical (unpaired) electrons. The number of guanidine groups is 1. The van der Waals surface area contributed by atoms with Crippen LogP contribution in [0.4, 0.5) is 5.69 Å². The van der Waals surface area contributed by atoms with Gasteiger partial charge in [0.15, 0.2) is 5.96 Å². The lowest BCUT2D eigenvalue weighted by Crippen LogP contribution is -2.40. The van der Waals surface area contributed by atoms with Crippen LogP contribution in [0.15, 0.2) is 53.5 Å². The number of hydrogen-bond acceptors (Lipinski definition) is 3. The summed E-state index contributed by atoms with van der Waals surface area (Å²) in [5.74, 6) is 0.960. The Labute approximate surface area is 196 Å². The Kier molecular flexibility index (Phi) is 8.96. The fourth-order valence-electron chi connectivity index (χ4n) is 3.99. The highest BCUT2D eigenvalue weighted by Crippen LogP contribution is 2.27. The van der Waals surface area contributed by atoms with E-state index in [4.69, 9.17) is 14.5 Å². The average Bonchev–Trinajstić information content (AvgIpc) is 3.20. The Bertz CT molecular complexity index is 837. The van der Waals surface area contributed by atoms with Gasteiger partial charge in [-0.25, -0.2) is 4.99 Å². The zero-order valence-electron chi connectivity index (χ0n) is 17.7. The predicted molar refractivity (Wildman–Crippen MR) is 133 cm³/mol. The molecule has 1 N–H and O–H groups in total. The molecule has 0 amide bonds. The van der Waals surface area contributed by atoms with Gasteiger partial charge in [0.25, 0.3) is 0 Å². The maximum absolute atomic E-state index is 6.07. The number of benzene rings is 2. The van der Waals surface area contributed by atoms with Gasteiger partial charge in [0.1, 0.15) is 0 Å². The van der Waals surface area contributed by atoms with E-state index in [2.05, 4.69) is 65.7 Å². The van der Waals surface area contributed by atoms with Crippen LogP contribution in [0, 0.1) is 0 Å². The lowest BCUT2D eigenvalue weighted by Gasteiger charge is -2.23. The molecule has 0 spiro atoms. The lowest BCUT2D eigenvalue weighted by molar-refractivity contribution is -0.0390. The first kappa shape index (κ1) is 23.0. The summed E-state index contributed by atoms with van der Waals surface area (Å²) in [6, 6.07) is 17.2. The van der Waals surface area contributed by atoms with E-state index in [1.807, 2.05) is 0 Å². The quantitative estimate of drug-likeness (QED) is 0.345. The molecule has 4 rings (SSSR count). The van der Waals surface area contributed by atoms with Crippen molar-refractivity contribution in [3.05, 3.63) is 65.2 Å². The molecule has 2 aromatic rings. The lowest BCUT2D eigenvalue weighted by atomic mass is 10.1. The molecule has 0 saturated carbocycles. The summed E-state index contributed by atoms with van der Waals surface area (Å²) in [4.78, 5) is 7.23. The summed E-state index contributed by atoms with van der Waals surface area (Å²) in [5, 5.41) is 3.46. The van der Waals surface area contributed by atoms with Gasteiger partial charge in [0.05, 0.1) is 19.3 Å². The standard InChI is InChI=1S/C24H31N3O2.HI/c1-2-25-24(27-13-10-21-8-3-4-9-23(21)27)26-17-19-6-5-7-20(16-19)18-29-22-11-14-28-15-12-22;/h3-9,16,22H,2,10-15,17-18H2,1H3,(H,25,26);1H. The monoisotopic (exact) mass is 521 g/mol. The number of nitrogens with zero attached hydrogens (tertiary/aromatic N) is 2. The van der Waals surface area contributed by atoms with Gasteiger partial charge in [0, 0.05) is 32.0 Å². The second kappa shape index (κ2) is 11.7. The second-order valence-corrected chi connectivity index (χ2v) is 7.64. The van der Waals surface area contributed by atoms with Crippen molar-refractivity contribution in [2.75, 3.05) is 31.2 Å². The van der Waals surface area contributed by atoms with Gasteiger partial charge >= 0.3 is 0 Å². The number of ether oxygens (including phenoxy) is 2. The highest BCUT2D eigenvalue weighted by molar-refractivity contribution is 14.0. The minimum Gasteiger partial charge on any atom is -0.381 e. The first-order valence-corrected chi connectivity index (χ1v) is 10.7.